The first kappa shape index (κ1) is 24.7. The number of nitrogens with zero attached hydrogens (tertiary/aromatic N) is 3. The van der Waals surface area contributed by atoms with Crippen molar-refractivity contribution in [3.8, 4) is 5.75 Å². The minimum atomic E-state index is -4.78. The van der Waals surface area contributed by atoms with E-state index in [0.29, 0.717) is 16.5 Å². The Morgan fingerprint density at radius 3 is 2.43 bits per heavy atom. The second kappa shape index (κ2) is 10.4. The first-order chi connectivity index (χ1) is 13.8. The lowest BCUT2D eigenvalue weighted by Crippen LogP contribution is -2.17. The molecule has 1 aromatic heterocycles. The Morgan fingerprint density at radius 1 is 1.23 bits per heavy atom. The predicted octanol–water partition coefficient (Wildman–Crippen LogP) is 3.29. The third-order valence-corrected chi connectivity index (χ3v) is 3.64. The summed E-state index contributed by atoms with van der Waals surface area (Å²) in [6.45, 7) is 0. The van der Waals surface area contributed by atoms with Crippen LogP contribution in [0.2, 0.25) is 0 Å². The lowest BCUT2D eigenvalue weighted by atomic mass is 10.1. The molecular weight excluding hydrogens is 431 g/mol. The van der Waals surface area contributed by atoms with Gasteiger partial charge in [0.2, 0.25) is 0 Å². The molecule has 5 N–H and O–H groups in total. The van der Waals surface area contributed by atoms with E-state index >= 15 is 0 Å². The molecule has 0 fully saturated rings. The highest BCUT2D eigenvalue weighted by Crippen LogP contribution is 2.25. The Labute approximate surface area is 173 Å². The number of aromatic nitrogens is 2. The van der Waals surface area contributed by atoms with Crippen LogP contribution >= 0.6 is 12.4 Å². The second-order valence-electron chi connectivity index (χ2n) is 5.52. The van der Waals surface area contributed by atoms with Crippen molar-refractivity contribution in [1.82, 2.24) is 9.78 Å². The number of hydrogen-bond acceptors (Lipinski definition) is 7. The zero-order chi connectivity index (χ0) is 21.6. The molecule has 0 unspecified atom stereocenters. The number of aryl methyl sites for hydroxylation is 1. The highest BCUT2D eigenvalue weighted by molar-refractivity contribution is 6.11. The Bertz CT molecular complexity index is 1020. The Balaban J connectivity index is 0.00000146. The standard InChI is InChI=1S/C17H13F3N4O3.ClH.H3NO/c1-24-14-8-10(9-21-26)2-7-13(14)15(23-24)16(25)22-11-3-5-12(6-4-11)27-17(18,19)20;;1-2/h2-9,26H,1H3,(H,22,25);1H;2H,1H2/b21-9+;;. The van der Waals surface area contributed by atoms with Crippen molar-refractivity contribution in [3.63, 3.8) is 0 Å². The van der Waals surface area contributed by atoms with Crippen LogP contribution in [0.25, 0.3) is 10.9 Å². The van der Waals surface area contributed by atoms with Gasteiger partial charge in [-0.15, -0.1) is 25.6 Å². The fourth-order valence-electron chi connectivity index (χ4n) is 2.52. The summed E-state index contributed by atoms with van der Waals surface area (Å²) in [5, 5.41) is 25.4. The number of anilines is 1. The molecule has 0 spiro atoms. The monoisotopic (exact) mass is 447 g/mol. The summed E-state index contributed by atoms with van der Waals surface area (Å²) in [6, 6.07) is 9.79. The average molecular weight is 448 g/mol. The molecule has 30 heavy (non-hydrogen) atoms. The number of fused-ring (bicyclic) bond motifs is 1. The van der Waals surface area contributed by atoms with Gasteiger partial charge in [0.15, 0.2) is 5.69 Å². The maximum Gasteiger partial charge on any atom is 0.573 e. The number of alkyl halides is 3. The number of amides is 1. The molecule has 0 aliphatic carbocycles. The van der Waals surface area contributed by atoms with Crippen molar-refractivity contribution >= 4 is 41.1 Å². The highest BCUT2D eigenvalue weighted by atomic mass is 35.5. The van der Waals surface area contributed by atoms with E-state index in [9.17, 15) is 18.0 Å². The van der Waals surface area contributed by atoms with Crippen LogP contribution in [0, 0.1) is 0 Å². The predicted molar refractivity (Wildman–Crippen MR) is 104 cm³/mol. The van der Waals surface area contributed by atoms with E-state index in [0.717, 1.165) is 12.1 Å². The van der Waals surface area contributed by atoms with Gasteiger partial charge in [-0.25, -0.2) is 5.90 Å². The minimum absolute atomic E-state index is 0. The van der Waals surface area contributed by atoms with Gasteiger partial charge in [-0.2, -0.15) is 5.10 Å². The van der Waals surface area contributed by atoms with Gasteiger partial charge in [0.05, 0.1) is 11.7 Å². The van der Waals surface area contributed by atoms with E-state index < -0.39 is 12.3 Å². The Kier molecular flexibility index (Phi) is 8.59. The third kappa shape index (κ3) is 6.07. The van der Waals surface area contributed by atoms with Gasteiger partial charge in [0.25, 0.3) is 5.91 Å². The molecule has 9 nitrogen and oxygen atoms in total. The molecular formula is C17H17ClF3N5O4. The topological polar surface area (TPSA) is 135 Å². The molecule has 162 valence electrons. The lowest BCUT2D eigenvalue weighted by Gasteiger charge is -2.09. The molecule has 0 aliphatic rings. The van der Waals surface area contributed by atoms with E-state index in [1.165, 1.54) is 23.0 Å². The van der Waals surface area contributed by atoms with Crippen LogP contribution in [0.4, 0.5) is 18.9 Å². The van der Waals surface area contributed by atoms with Crippen molar-refractivity contribution in [2.45, 2.75) is 6.36 Å². The second-order valence-corrected chi connectivity index (χ2v) is 5.52. The van der Waals surface area contributed by atoms with Gasteiger partial charge in [0.1, 0.15) is 5.75 Å². The third-order valence-electron chi connectivity index (χ3n) is 3.64. The molecule has 1 amide bonds. The van der Waals surface area contributed by atoms with Gasteiger partial charge >= 0.3 is 6.36 Å². The number of oxime groups is 1. The summed E-state index contributed by atoms with van der Waals surface area (Å²) in [7, 11) is 1.66. The van der Waals surface area contributed by atoms with Crippen molar-refractivity contribution < 1.29 is 33.1 Å². The first-order valence-corrected chi connectivity index (χ1v) is 7.84. The molecule has 1 heterocycles. The number of rotatable bonds is 4. The van der Waals surface area contributed by atoms with Crippen LogP contribution in [0.1, 0.15) is 16.1 Å². The summed E-state index contributed by atoms with van der Waals surface area (Å²) < 4.78 is 41.8. The number of nitrogens with one attached hydrogen (secondary N) is 1. The van der Waals surface area contributed by atoms with Crippen LogP contribution in [-0.2, 0) is 7.05 Å². The molecule has 0 atom stereocenters. The summed E-state index contributed by atoms with van der Waals surface area (Å²) in [4.78, 5) is 12.5. The SMILES string of the molecule is Cl.Cn1nc(C(=O)Nc2ccc(OC(F)(F)F)cc2)c2ccc(/C=N/O)cc21.NO. The van der Waals surface area contributed by atoms with Gasteiger partial charge in [0, 0.05) is 18.1 Å². The largest absolute Gasteiger partial charge is 0.573 e. The van der Waals surface area contributed by atoms with Crippen LogP contribution < -0.4 is 16.0 Å². The summed E-state index contributed by atoms with van der Waals surface area (Å²) in [6.07, 6.45) is -3.53. The smallest absolute Gasteiger partial charge is 0.411 e. The number of benzene rings is 2. The fourth-order valence-corrected chi connectivity index (χ4v) is 2.52. The van der Waals surface area contributed by atoms with Gasteiger partial charge in [-0.05, 0) is 42.0 Å². The molecule has 0 radical (unpaired) electrons. The van der Waals surface area contributed by atoms with Crippen molar-refractivity contribution in [1.29, 1.82) is 0 Å². The van der Waals surface area contributed by atoms with E-state index in [1.54, 1.807) is 25.2 Å². The molecule has 0 bridgehead atoms. The number of carbonyl (C=O) groups excluding carboxylic acids is 1. The van der Waals surface area contributed by atoms with Crippen molar-refractivity contribution in [2.75, 3.05) is 5.32 Å². The highest BCUT2D eigenvalue weighted by Gasteiger charge is 2.31. The zero-order valence-corrected chi connectivity index (χ0v) is 16.1. The molecule has 3 aromatic rings. The number of ether oxygens (including phenoxy) is 1. The molecule has 2 aromatic carbocycles. The normalized spacial score (nSPS) is 10.9. The quantitative estimate of drug-likeness (QED) is 0.275. The van der Waals surface area contributed by atoms with Gasteiger partial charge < -0.3 is 20.5 Å². The maximum atomic E-state index is 12.5. The lowest BCUT2D eigenvalue weighted by molar-refractivity contribution is -0.274. The van der Waals surface area contributed by atoms with Crippen molar-refractivity contribution in [3.05, 3.63) is 53.7 Å². The van der Waals surface area contributed by atoms with E-state index in [1.807, 2.05) is 0 Å². The fraction of sp³-hybridized carbons (Fsp3) is 0.118. The van der Waals surface area contributed by atoms with Gasteiger partial charge in [-0.1, -0.05) is 11.2 Å². The van der Waals surface area contributed by atoms with Crippen molar-refractivity contribution in [2.24, 2.45) is 18.1 Å². The molecule has 0 saturated heterocycles. The van der Waals surface area contributed by atoms with Crippen LogP contribution in [0.3, 0.4) is 0 Å². The first-order valence-electron chi connectivity index (χ1n) is 7.84. The number of nitrogens with two attached hydrogens (primary N) is 1. The molecule has 0 saturated carbocycles. The van der Waals surface area contributed by atoms with E-state index in [-0.39, 0.29) is 29.5 Å². The Hall–Kier alpha value is -3.35. The number of halogens is 4. The zero-order valence-electron chi connectivity index (χ0n) is 15.3. The van der Waals surface area contributed by atoms with Crippen LogP contribution in [-0.4, -0.2) is 38.7 Å². The minimum Gasteiger partial charge on any atom is -0.411 e. The van der Waals surface area contributed by atoms with E-state index in [4.69, 9.17) is 10.4 Å². The summed E-state index contributed by atoms with van der Waals surface area (Å²) in [5.74, 6) is 2.59. The van der Waals surface area contributed by atoms with Crippen LogP contribution in [0.15, 0.2) is 47.6 Å². The number of hydrogen-bond donors (Lipinski definition) is 4. The number of carbonyl (C=O) groups is 1. The molecule has 3 rings (SSSR count). The van der Waals surface area contributed by atoms with Crippen LogP contribution in [0.5, 0.6) is 5.75 Å². The molecule has 0 aliphatic heterocycles. The average Bonchev–Trinajstić information content (AvgIpc) is 3.01. The van der Waals surface area contributed by atoms with E-state index in [2.05, 4.69) is 26.2 Å². The summed E-state index contributed by atoms with van der Waals surface area (Å²) >= 11 is 0. The Morgan fingerprint density at radius 2 is 1.87 bits per heavy atom. The van der Waals surface area contributed by atoms with Gasteiger partial charge in [-0.3, -0.25) is 9.48 Å². The maximum absolute atomic E-state index is 12.5. The molecule has 13 heteroatoms. The summed E-state index contributed by atoms with van der Waals surface area (Å²) in [5.41, 5.74) is 1.71.